The highest BCUT2D eigenvalue weighted by atomic mass is 32.1. The average molecular weight is 389 g/mol. The number of ether oxygens (including phenoxy) is 2. The van der Waals surface area contributed by atoms with Gasteiger partial charge in [0.15, 0.2) is 0 Å². The summed E-state index contributed by atoms with van der Waals surface area (Å²) in [5.41, 5.74) is -1.13. The van der Waals surface area contributed by atoms with Gasteiger partial charge in [-0.1, -0.05) is 0 Å². The molecule has 140 valence electrons. The zero-order valence-corrected chi connectivity index (χ0v) is 14.2. The normalized spacial score (nSPS) is 11.2. The lowest BCUT2D eigenvalue weighted by Gasteiger charge is -2.15. The van der Waals surface area contributed by atoms with Crippen LogP contribution in [0, 0.1) is 0 Å². The lowest BCUT2D eigenvalue weighted by Crippen LogP contribution is -2.14. The standard InChI is InChI=1S/C16H14F3NO5S/c1-24-6-7-25-11-3-2-9(16(17,18)19)8-10(11)20-14(21)12-4-5-13(26-12)15(22)23/h2-5,8H,6-7H2,1H3,(H,20,21)(H,22,23). The highest BCUT2D eigenvalue weighted by Gasteiger charge is 2.31. The molecule has 0 saturated heterocycles. The molecule has 0 fully saturated rings. The van der Waals surface area contributed by atoms with Crippen LogP contribution in [-0.2, 0) is 10.9 Å². The summed E-state index contributed by atoms with van der Waals surface area (Å²) in [4.78, 5) is 23.1. The van der Waals surface area contributed by atoms with Gasteiger partial charge in [0.1, 0.15) is 17.2 Å². The molecule has 0 aliphatic heterocycles. The predicted molar refractivity (Wildman–Crippen MR) is 88.0 cm³/mol. The maximum atomic E-state index is 12.9. The second-order valence-electron chi connectivity index (χ2n) is 4.97. The molecule has 0 aliphatic rings. The van der Waals surface area contributed by atoms with Crippen molar-refractivity contribution < 1.29 is 37.3 Å². The number of carboxylic acids is 1. The number of nitrogens with one attached hydrogen (secondary N) is 1. The highest BCUT2D eigenvalue weighted by molar-refractivity contribution is 7.15. The quantitative estimate of drug-likeness (QED) is 0.705. The van der Waals surface area contributed by atoms with E-state index in [-0.39, 0.29) is 34.4 Å². The predicted octanol–water partition coefficient (Wildman–Crippen LogP) is 3.74. The van der Waals surface area contributed by atoms with Gasteiger partial charge in [0.25, 0.3) is 5.91 Å². The molecule has 1 aromatic heterocycles. The Morgan fingerprint density at radius 2 is 1.85 bits per heavy atom. The molecule has 2 N–H and O–H groups in total. The largest absolute Gasteiger partial charge is 0.489 e. The number of amides is 1. The van der Waals surface area contributed by atoms with Crippen molar-refractivity contribution in [3.63, 3.8) is 0 Å². The number of hydrogen-bond acceptors (Lipinski definition) is 5. The number of carbonyl (C=O) groups excluding carboxylic acids is 1. The number of hydrogen-bond donors (Lipinski definition) is 2. The molecule has 2 rings (SSSR count). The van der Waals surface area contributed by atoms with Crippen LogP contribution in [0.4, 0.5) is 18.9 Å². The Morgan fingerprint density at radius 3 is 2.42 bits per heavy atom. The summed E-state index contributed by atoms with van der Waals surface area (Å²) in [6.45, 7) is 0.286. The van der Waals surface area contributed by atoms with Crippen LogP contribution >= 0.6 is 11.3 Å². The molecule has 1 aromatic carbocycles. The van der Waals surface area contributed by atoms with E-state index in [9.17, 15) is 22.8 Å². The van der Waals surface area contributed by atoms with Gasteiger partial charge in [-0.15, -0.1) is 11.3 Å². The fourth-order valence-electron chi connectivity index (χ4n) is 1.92. The molecule has 2 aromatic rings. The van der Waals surface area contributed by atoms with Crippen LogP contribution in [-0.4, -0.2) is 37.3 Å². The van der Waals surface area contributed by atoms with E-state index in [0.29, 0.717) is 11.3 Å². The van der Waals surface area contributed by atoms with Gasteiger partial charge >= 0.3 is 12.1 Å². The lowest BCUT2D eigenvalue weighted by molar-refractivity contribution is -0.137. The van der Waals surface area contributed by atoms with Crippen LogP contribution in [0.25, 0.3) is 0 Å². The molecule has 10 heteroatoms. The Bertz CT molecular complexity index is 803. The molecule has 0 unspecified atom stereocenters. The number of carboxylic acid groups (broad SMARTS) is 1. The minimum atomic E-state index is -4.59. The number of rotatable bonds is 7. The fourth-order valence-corrected chi connectivity index (χ4v) is 2.66. The summed E-state index contributed by atoms with van der Waals surface area (Å²) < 4.78 is 48.9. The van der Waals surface area contributed by atoms with Crippen molar-refractivity contribution >= 4 is 28.9 Å². The van der Waals surface area contributed by atoms with Crippen molar-refractivity contribution in [2.45, 2.75) is 6.18 Å². The summed E-state index contributed by atoms with van der Waals surface area (Å²) in [5.74, 6) is -1.89. The van der Waals surface area contributed by atoms with Crippen molar-refractivity contribution in [1.29, 1.82) is 0 Å². The Balaban J connectivity index is 2.27. The fraction of sp³-hybridized carbons (Fsp3) is 0.250. The number of anilines is 1. The molecule has 0 aliphatic carbocycles. The minimum absolute atomic E-state index is 0.0402. The van der Waals surface area contributed by atoms with E-state index in [0.717, 1.165) is 18.2 Å². The van der Waals surface area contributed by atoms with Gasteiger partial charge in [-0.25, -0.2) is 4.79 Å². The molecule has 1 heterocycles. The molecule has 26 heavy (non-hydrogen) atoms. The number of carbonyl (C=O) groups is 2. The molecular formula is C16H14F3NO5S. The number of benzene rings is 1. The summed E-state index contributed by atoms with van der Waals surface area (Å²) in [5, 5.41) is 11.2. The molecule has 0 bridgehead atoms. The van der Waals surface area contributed by atoms with Crippen LogP contribution in [0.5, 0.6) is 5.75 Å². The number of alkyl halides is 3. The summed E-state index contributed by atoms with van der Waals surface area (Å²) >= 11 is 0.711. The van der Waals surface area contributed by atoms with Crippen molar-refractivity contribution in [3.8, 4) is 5.75 Å². The van der Waals surface area contributed by atoms with Crippen LogP contribution < -0.4 is 10.1 Å². The maximum absolute atomic E-state index is 12.9. The van der Waals surface area contributed by atoms with Crippen molar-refractivity contribution in [3.05, 3.63) is 45.6 Å². The van der Waals surface area contributed by atoms with E-state index in [1.54, 1.807) is 0 Å². The zero-order chi connectivity index (χ0) is 19.3. The third kappa shape index (κ3) is 4.96. The van der Waals surface area contributed by atoms with E-state index >= 15 is 0 Å². The highest BCUT2D eigenvalue weighted by Crippen LogP contribution is 2.35. The van der Waals surface area contributed by atoms with Crippen LogP contribution in [0.1, 0.15) is 24.9 Å². The molecule has 0 saturated carbocycles. The van der Waals surface area contributed by atoms with Gasteiger partial charge in [0, 0.05) is 7.11 Å². The molecule has 0 radical (unpaired) electrons. The Hall–Kier alpha value is -2.59. The van der Waals surface area contributed by atoms with E-state index in [1.165, 1.54) is 19.2 Å². The smallest absolute Gasteiger partial charge is 0.416 e. The molecule has 0 atom stereocenters. The Kier molecular flexibility index (Phi) is 6.22. The van der Waals surface area contributed by atoms with Crippen molar-refractivity contribution in [1.82, 2.24) is 0 Å². The van der Waals surface area contributed by atoms with Gasteiger partial charge in [-0.3, -0.25) is 4.79 Å². The lowest BCUT2D eigenvalue weighted by atomic mass is 10.1. The maximum Gasteiger partial charge on any atom is 0.416 e. The first kappa shape index (κ1) is 19.7. The second kappa shape index (κ2) is 8.19. The van der Waals surface area contributed by atoms with E-state index in [2.05, 4.69) is 5.32 Å². The topological polar surface area (TPSA) is 84.9 Å². The molecule has 0 spiro atoms. The number of halogens is 3. The van der Waals surface area contributed by atoms with E-state index in [1.807, 2.05) is 0 Å². The van der Waals surface area contributed by atoms with Crippen LogP contribution in [0.2, 0.25) is 0 Å². The summed E-state index contributed by atoms with van der Waals surface area (Å²) in [6.07, 6.45) is -4.59. The molecule has 6 nitrogen and oxygen atoms in total. The monoisotopic (exact) mass is 389 g/mol. The second-order valence-corrected chi connectivity index (χ2v) is 6.06. The van der Waals surface area contributed by atoms with E-state index < -0.39 is 23.6 Å². The third-order valence-electron chi connectivity index (χ3n) is 3.14. The summed E-state index contributed by atoms with van der Waals surface area (Å²) in [6, 6.07) is 5.22. The Labute approximate surface area is 150 Å². The number of aromatic carboxylic acids is 1. The molecule has 1 amide bonds. The number of methoxy groups -OCH3 is 1. The van der Waals surface area contributed by atoms with Crippen molar-refractivity contribution in [2.75, 3.05) is 25.6 Å². The van der Waals surface area contributed by atoms with Gasteiger partial charge in [0.2, 0.25) is 0 Å². The van der Waals surface area contributed by atoms with Crippen LogP contribution in [0.3, 0.4) is 0 Å². The van der Waals surface area contributed by atoms with Crippen molar-refractivity contribution in [2.24, 2.45) is 0 Å². The SMILES string of the molecule is COCCOc1ccc(C(F)(F)F)cc1NC(=O)c1ccc(C(=O)O)s1. The zero-order valence-electron chi connectivity index (χ0n) is 13.4. The minimum Gasteiger partial charge on any atom is -0.489 e. The van der Waals surface area contributed by atoms with Gasteiger partial charge < -0.3 is 19.9 Å². The first-order valence-electron chi connectivity index (χ1n) is 7.20. The first-order valence-corrected chi connectivity index (χ1v) is 8.01. The average Bonchev–Trinajstić information content (AvgIpc) is 3.06. The third-order valence-corrected chi connectivity index (χ3v) is 4.21. The van der Waals surface area contributed by atoms with Gasteiger partial charge in [0.05, 0.1) is 22.7 Å². The van der Waals surface area contributed by atoms with Gasteiger partial charge in [-0.05, 0) is 30.3 Å². The van der Waals surface area contributed by atoms with E-state index in [4.69, 9.17) is 14.6 Å². The number of thiophene rings is 1. The Morgan fingerprint density at radius 1 is 1.15 bits per heavy atom. The first-order chi connectivity index (χ1) is 12.2. The van der Waals surface area contributed by atoms with Gasteiger partial charge in [-0.2, -0.15) is 13.2 Å². The summed E-state index contributed by atoms with van der Waals surface area (Å²) in [7, 11) is 1.44. The van der Waals surface area contributed by atoms with Crippen LogP contribution in [0.15, 0.2) is 30.3 Å². The molecular weight excluding hydrogens is 375 g/mol.